The van der Waals surface area contributed by atoms with Gasteiger partial charge in [0.15, 0.2) is 0 Å². The van der Waals surface area contributed by atoms with Crippen molar-refractivity contribution in [2.75, 3.05) is 36.9 Å². The molecule has 0 aliphatic carbocycles. The fourth-order valence-corrected chi connectivity index (χ4v) is 4.27. The van der Waals surface area contributed by atoms with Gasteiger partial charge in [0.25, 0.3) is 0 Å². The first kappa shape index (κ1) is 20.3. The molecule has 0 fully saturated rings. The molecule has 0 saturated carbocycles. The molecule has 5 nitrogen and oxygen atoms in total. The number of fused-ring (bicyclic) bond motifs is 1. The summed E-state index contributed by atoms with van der Waals surface area (Å²) in [6, 6.07) is 15.8. The molecule has 2 amide bonds. The maximum Gasteiger partial charge on any atom is 0.243 e. The molecule has 6 heteroatoms. The Kier molecular flexibility index (Phi) is 6.62. The fraction of sp³-hybridized carbons (Fsp3) is 0.364. The first-order valence-electron chi connectivity index (χ1n) is 9.53. The maximum atomic E-state index is 12.7. The minimum absolute atomic E-state index is 0.0351. The summed E-state index contributed by atoms with van der Waals surface area (Å²) in [6.07, 6.45) is 1.02. The summed E-state index contributed by atoms with van der Waals surface area (Å²) in [4.78, 5) is 29.9. The number of anilines is 2. The largest absolute Gasteiger partial charge is 0.361 e. The Balaban J connectivity index is 1.59. The molecule has 148 valence electrons. The van der Waals surface area contributed by atoms with Crippen LogP contribution in [0.3, 0.4) is 0 Å². The Labute approximate surface area is 171 Å². The SMILES string of the molecule is Cc1ccc(NC(=O)CN(C)C(=O)CN2CCC(C)Sc3ccccc32)cc1. The Hall–Kier alpha value is -2.47. The molecule has 0 saturated heterocycles. The quantitative estimate of drug-likeness (QED) is 0.834. The van der Waals surface area contributed by atoms with Crippen LogP contribution in [0.2, 0.25) is 0 Å². The van der Waals surface area contributed by atoms with Gasteiger partial charge in [0.1, 0.15) is 0 Å². The number of thioether (sulfide) groups is 1. The highest BCUT2D eigenvalue weighted by Gasteiger charge is 2.23. The smallest absolute Gasteiger partial charge is 0.243 e. The van der Waals surface area contributed by atoms with E-state index < -0.39 is 0 Å². The van der Waals surface area contributed by atoms with E-state index in [4.69, 9.17) is 0 Å². The second-order valence-electron chi connectivity index (χ2n) is 7.27. The second kappa shape index (κ2) is 9.15. The zero-order valence-corrected chi connectivity index (χ0v) is 17.5. The normalized spacial score (nSPS) is 16.1. The van der Waals surface area contributed by atoms with Crippen molar-refractivity contribution >= 4 is 35.0 Å². The van der Waals surface area contributed by atoms with E-state index in [9.17, 15) is 9.59 Å². The van der Waals surface area contributed by atoms with E-state index in [0.29, 0.717) is 5.25 Å². The lowest BCUT2D eigenvalue weighted by Gasteiger charge is -2.26. The van der Waals surface area contributed by atoms with Gasteiger partial charge in [-0.15, -0.1) is 11.8 Å². The van der Waals surface area contributed by atoms with Crippen molar-refractivity contribution in [3.05, 3.63) is 54.1 Å². The Bertz CT molecular complexity index is 838. The van der Waals surface area contributed by atoms with Gasteiger partial charge in [-0.05, 0) is 37.6 Å². The van der Waals surface area contributed by atoms with Gasteiger partial charge in [-0.2, -0.15) is 0 Å². The summed E-state index contributed by atoms with van der Waals surface area (Å²) in [6.45, 7) is 5.36. The molecule has 0 radical (unpaired) electrons. The fourth-order valence-electron chi connectivity index (χ4n) is 3.14. The third-order valence-corrected chi connectivity index (χ3v) is 6.04. The van der Waals surface area contributed by atoms with Crippen molar-refractivity contribution in [3.8, 4) is 0 Å². The van der Waals surface area contributed by atoms with E-state index in [1.54, 1.807) is 7.05 Å². The number of likely N-dealkylation sites (N-methyl/N-ethyl adjacent to an activating group) is 1. The lowest BCUT2D eigenvalue weighted by Crippen LogP contribution is -2.42. The molecule has 1 aliphatic rings. The summed E-state index contributed by atoms with van der Waals surface area (Å²) >= 11 is 1.85. The van der Waals surface area contributed by atoms with Crippen LogP contribution in [0.4, 0.5) is 11.4 Å². The number of aryl methyl sites for hydroxylation is 1. The number of benzene rings is 2. The molecule has 0 bridgehead atoms. The van der Waals surface area contributed by atoms with Crippen LogP contribution in [0.1, 0.15) is 18.9 Å². The number of amides is 2. The Morgan fingerprint density at radius 1 is 1.18 bits per heavy atom. The molecule has 0 spiro atoms. The highest BCUT2D eigenvalue weighted by molar-refractivity contribution is 8.00. The third-order valence-electron chi connectivity index (χ3n) is 4.81. The van der Waals surface area contributed by atoms with Gasteiger partial charge >= 0.3 is 0 Å². The maximum absolute atomic E-state index is 12.7. The van der Waals surface area contributed by atoms with Crippen molar-refractivity contribution in [1.29, 1.82) is 0 Å². The Morgan fingerprint density at radius 3 is 2.64 bits per heavy atom. The number of carbonyl (C=O) groups excluding carboxylic acids is 2. The average molecular weight is 398 g/mol. The minimum atomic E-state index is -0.194. The lowest BCUT2D eigenvalue weighted by atomic mass is 10.2. The average Bonchev–Trinajstić information content (AvgIpc) is 2.82. The van der Waals surface area contributed by atoms with Crippen LogP contribution < -0.4 is 10.2 Å². The Morgan fingerprint density at radius 2 is 1.89 bits per heavy atom. The van der Waals surface area contributed by atoms with E-state index in [1.807, 2.05) is 55.1 Å². The number of nitrogens with zero attached hydrogens (tertiary/aromatic N) is 2. The molecule has 0 aromatic heterocycles. The van der Waals surface area contributed by atoms with Crippen LogP contribution in [0, 0.1) is 6.92 Å². The number of hydrogen-bond donors (Lipinski definition) is 1. The predicted molar refractivity (Wildman–Crippen MR) is 116 cm³/mol. The molecule has 2 aromatic carbocycles. The van der Waals surface area contributed by atoms with Crippen molar-refractivity contribution in [2.24, 2.45) is 0 Å². The number of hydrogen-bond acceptors (Lipinski definition) is 4. The monoisotopic (exact) mass is 397 g/mol. The van der Waals surface area contributed by atoms with Gasteiger partial charge in [-0.3, -0.25) is 9.59 Å². The molecule has 1 unspecified atom stereocenters. The van der Waals surface area contributed by atoms with Gasteiger partial charge < -0.3 is 15.1 Å². The van der Waals surface area contributed by atoms with E-state index in [1.165, 1.54) is 9.80 Å². The summed E-state index contributed by atoms with van der Waals surface area (Å²) < 4.78 is 0. The van der Waals surface area contributed by atoms with Crippen LogP contribution in [0.5, 0.6) is 0 Å². The predicted octanol–water partition coefficient (Wildman–Crippen LogP) is 3.78. The van der Waals surface area contributed by atoms with E-state index >= 15 is 0 Å². The topological polar surface area (TPSA) is 52.7 Å². The first-order chi connectivity index (χ1) is 13.4. The van der Waals surface area contributed by atoms with Crippen LogP contribution in [-0.2, 0) is 9.59 Å². The first-order valence-corrected chi connectivity index (χ1v) is 10.4. The van der Waals surface area contributed by atoms with Gasteiger partial charge in [0.2, 0.25) is 11.8 Å². The molecule has 28 heavy (non-hydrogen) atoms. The van der Waals surface area contributed by atoms with Crippen molar-refractivity contribution in [2.45, 2.75) is 30.4 Å². The standard InChI is InChI=1S/C22H27N3O2S/c1-16-8-10-18(11-9-16)23-21(26)14-24(3)22(27)15-25-13-12-17(2)28-20-7-5-4-6-19(20)25/h4-11,17H,12-15H2,1-3H3,(H,23,26). The molecule has 3 rings (SSSR count). The van der Waals surface area contributed by atoms with E-state index in [-0.39, 0.29) is 24.9 Å². The number of nitrogens with one attached hydrogen (secondary N) is 1. The van der Waals surface area contributed by atoms with Gasteiger partial charge in [-0.1, -0.05) is 36.8 Å². The van der Waals surface area contributed by atoms with Crippen LogP contribution in [0.25, 0.3) is 0 Å². The highest BCUT2D eigenvalue weighted by atomic mass is 32.2. The van der Waals surface area contributed by atoms with Crippen LogP contribution in [0.15, 0.2) is 53.4 Å². The third kappa shape index (κ3) is 5.29. The van der Waals surface area contributed by atoms with Gasteiger partial charge in [0.05, 0.1) is 18.8 Å². The van der Waals surface area contributed by atoms with E-state index in [2.05, 4.69) is 29.3 Å². The minimum Gasteiger partial charge on any atom is -0.361 e. The number of rotatable bonds is 5. The number of carbonyl (C=O) groups is 2. The molecule has 1 N–H and O–H groups in total. The molecular formula is C22H27N3O2S. The summed E-state index contributed by atoms with van der Waals surface area (Å²) in [7, 11) is 1.68. The van der Waals surface area contributed by atoms with Crippen molar-refractivity contribution in [3.63, 3.8) is 0 Å². The van der Waals surface area contributed by atoms with Crippen molar-refractivity contribution < 1.29 is 9.59 Å². The zero-order valence-electron chi connectivity index (χ0n) is 16.6. The molecule has 1 aliphatic heterocycles. The molecular weight excluding hydrogens is 370 g/mol. The van der Waals surface area contributed by atoms with Crippen molar-refractivity contribution in [1.82, 2.24) is 4.90 Å². The summed E-state index contributed by atoms with van der Waals surface area (Å²) in [5, 5.41) is 3.35. The van der Waals surface area contributed by atoms with Gasteiger partial charge in [-0.25, -0.2) is 0 Å². The second-order valence-corrected chi connectivity index (χ2v) is 8.75. The van der Waals surface area contributed by atoms with E-state index in [0.717, 1.165) is 29.9 Å². The molecule has 2 aromatic rings. The molecule has 1 atom stereocenters. The summed E-state index contributed by atoms with van der Waals surface area (Å²) in [5.41, 5.74) is 2.97. The van der Waals surface area contributed by atoms with Gasteiger partial charge in [0, 0.05) is 29.4 Å². The molecule has 1 heterocycles. The van der Waals surface area contributed by atoms with Crippen LogP contribution in [-0.4, -0.2) is 48.6 Å². The lowest BCUT2D eigenvalue weighted by molar-refractivity contribution is -0.132. The summed E-state index contributed by atoms with van der Waals surface area (Å²) in [5.74, 6) is -0.256. The zero-order chi connectivity index (χ0) is 20.1. The highest BCUT2D eigenvalue weighted by Crippen LogP contribution is 2.37. The van der Waals surface area contributed by atoms with Crippen LogP contribution >= 0.6 is 11.8 Å². The number of para-hydroxylation sites is 1.